The fourth-order valence-electron chi connectivity index (χ4n) is 1.55. The first-order valence-corrected chi connectivity index (χ1v) is 5.55. The van der Waals surface area contributed by atoms with Gasteiger partial charge >= 0.3 is 5.97 Å². The van der Waals surface area contributed by atoms with Crippen molar-refractivity contribution in [2.24, 2.45) is 0 Å². The van der Waals surface area contributed by atoms with Gasteiger partial charge in [-0.25, -0.2) is 0 Å². The topological polar surface area (TPSA) is 46.5 Å². The van der Waals surface area contributed by atoms with Crippen molar-refractivity contribution in [3.63, 3.8) is 0 Å². The van der Waals surface area contributed by atoms with Crippen molar-refractivity contribution < 1.29 is 14.6 Å². The Kier molecular flexibility index (Phi) is 5.57. The third-order valence-electron chi connectivity index (χ3n) is 2.38. The third kappa shape index (κ3) is 4.45. The molecule has 3 heteroatoms. The van der Waals surface area contributed by atoms with Crippen LogP contribution in [0.5, 0.6) is 0 Å². The van der Waals surface area contributed by atoms with Gasteiger partial charge in [-0.15, -0.1) is 0 Å². The number of esters is 1. The number of ether oxygens (including phenoxy) is 1. The van der Waals surface area contributed by atoms with E-state index in [0.717, 1.165) is 18.4 Å². The van der Waals surface area contributed by atoms with Gasteiger partial charge in [0.05, 0.1) is 6.61 Å². The molecular weight excluding hydrogens is 204 g/mol. The zero-order chi connectivity index (χ0) is 11.8. The Labute approximate surface area is 96.1 Å². The number of aliphatic hydroxyl groups excluding tert-OH is 1. The van der Waals surface area contributed by atoms with Gasteiger partial charge in [0.1, 0.15) is 6.10 Å². The van der Waals surface area contributed by atoms with E-state index < -0.39 is 0 Å². The second kappa shape index (κ2) is 7.01. The maximum atomic E-state index is 10.8. The Morgan fingerprint density at radius 1 is 1.62 bits per heavy atom. The van der Waals surface area contributed by atoms with Crippen LogP contribution in [-0.2, 0) is 9.53 Å². The van der Waals surface area contributed by atoms with Crippen LogP contribution in [0.25, 0.3) is 0 Å². The fourth-order valence-corrected chi connectivity index (χ4v) is 1.55. The highest BCUT2D eigenvalue weighted by atomic mass is 16.5. The molecule has 0 bridgehead atoms. The highest BCUT2D eigenvalue weighted by Crippen LogP contribution is 2.16. The summed E-state index contributed by atoms with van der Waals surface area (Å²) in [7, 11) is 0. The van der Waals surface area contributed by atoms with Gasteiger partial charge in [0.15, 0.2) is 0 Å². The quantitative estimate of drug-likeness (QED) is 0.572. The fraction of sp³-hybridized carbons (Fsp3) is 0.462. The summed E-state index contributed by atoms with van der Waals surface area (Å²) >= 11 is 0. The molecule has 0 aromatic carbocycles. The molecular formula is C13H18O3. The molecule has 1 aliphatic heterocycles. The summed E-state index contributed by atoms with van der Waals surface area (Å²) in [5.74, 6) is -0.0982. The Bertz CT molecular complexity index is 313. The second-order valence-corrected chi connectivity index (χ2v) is 3.71. The minimum atomic E-state index is -0.0982. The summed E-state index contributed by atoms with van der Waals surface area (Å²) in [5, 5.41) is 8.98. The van der Waals surface area contributed by atoms with E-state index in [1.54, 1.807) is 0 Å². The number of rotatable bonds is 5. The summed E-state index contributed by atoms with van der Waals surface area (Å²) in [5.41, 5.74) is 0.863. The molecule has 3 nitrogen and oxygen atoms in total. The molecule has 1 atom stereocenters. The van der Waals surface area contributed by atoms with Crippen molar-refractivity contribution in [2.75, 3.05) is 6.61 Å². The summed E-state index contributed by atoms with van der Waals surface area (Å²) < 4.78 is 5.07. The predicted molar refractivity (Wildman–Crippen MR) is 62.9 cm³/mol. The van der Waals surface area contributed by atoms with Gasteiger partial charge in [0.25, 0.3) is 0 Å². The van der Waals surface area contributed by atoms with Gasteiger partial charge in [0, 0.05) is 12.8 Å². The molecule has 1 aliphatic rings. The van der Waals surface area contributed by atoms with E-state index in [1.807, 2.05) is 37.3 Å². The Morgan fingerprint density at radius 2 is 2.44 bits per heavy atom. The zero-order valence-electron chi connectivity index (χ0n) is 9.56. The van der Waals surface area contributed by atoms with Gasteiger partial charge < -0.3 is 9.84 Å². The number of carbonyl (C=O) groups excluding carboxylic acids is 1. The molecule has 88 valence electrons. The number of aliphatic hydroxyl groups is 1. The third-order valence-corrected chi connectivity index (χ3v) is 2.38. The maximum absolute atomic E-state index is 10.8. The Balaban J connectivity index is 2.33. The lowest BCUT2D eigenvalue weighted by Gasteiger charge is -2.03. The van der Waals surface area contributed by atoms with Crippen molar-refractivity contribution in [3.8, 4) is 0 Å². The van der Waals surface area contributed by atoms with E-state index in [2.05, 4.69) is 0 Å². The molecule has 1 saturated heterocycles. The molecule has 0 saturated carbocycles. The van der Waals surface area contributed by atoms with E-state index in [1.165, 1.54) is 0 Å². The second-order valence-electron chi connectivity index (χ2n) is 3.71. The summed E-state index contributed by atoms with van der Waals surface area (Å²) in [6, 6.07) is 0. The summed E-state index contributed by atoms with van der Waals surface area (Å²) in [4.78, 5) is 10.8. The summed E-state index contributed by atoms with van der Waals surface area (Å²) in [6.07, 6.45) is 11.6. The van der Waals surface area contributed by atoms with E-state index in [-0.39, 0.29) is 18.7 Å². The van der Waals surface area contributed by atoms with Crippen LogP contribution in [0.15, 0.2) is 36.0 Å². The van der Waals surface area contributed by atoms with E-state index in [4.69, 9.17) is 9.84 Å². The smallest absolute Gasteiger partial charge is 0.306 e. The van der Waals surface area contributed by atoms with E-state index in [0.29, 0.717) is 6.42 Å². The minimum Gasteiger partial charge on any atom is -0.462 e. The molecule has 1 heterocycles. The first kappa shape index (κ1) is 12.7. The largest absolute Gasteiger partial charge is 0.462 e. The lowest BCUT2D eigenvalue weighted by Crippen LogP contribution is -2.04. The van der Waals surface area contributed by atoms with Crippen molar-refractivity contribution >= 4 is 5.97 Å². The van der Waals surface area contributed by atoms with Crippen LogP contribution in [0, 0.1) is 0 Å². The molecule has 0 unspecified atom stereocenters. The Morgan fingerprint density at radius 3 is 3.00 bits per heavy atom. The van der Waals surface area contributed by atoms with Gasteiger partial charge in [-0.05, 0) is 18.9 Å². The van der Waals surface area contributed by atoms with Crippen molar-refractivity contribution in [1.29, 1.82) is 0 Å². The number of allylic oxidation sites excluding steroid dienone is 3. The van der Waals surface area contributed by atoms with Gasteiger partial charge in [-0.3, -0.25) is 4.79 Å². The predicted octanol–water partition coefficient (Wildman–Crippen LogP) is 2.13. The Hall–Kier alpha value is -1.35. The maximum Gasteiger partial charge on any atom is 0.306 e. The molecule has 0 aromatic rings. The first-order chi connectivity index (χ1) is 7.76. The zero-order valence-corrected chi connectivity index (χ0v) is 9.56. The van der Waals surface area contributed by atoms with E-state index in [9.17, 15) is 4.79 Å². The standard InChI is InChI=1S/C13H18O3/c1-2-5-11(10-14)6-3-4-7-12-8-9-13(15)16-12/h2-6,12,14H,7-10H2,1H3/b4-3+,5-2+,11-6-/t12-/m0/s1. The highest BCUT2D eigenvalue weighted by Gasteiger charge is 2.21. The van der Waals surface area contributed by atoms with Crippen LogP contribution in [-0.4, -0.2) is 23.8 Å². The molecule has 1 N–H and O–H groups in total. The lowest BCUT2D eigenvalue weighted by molar-refractivity contribution is -0.141. The molecule has 0 radical (unpaired) electrons. The van der Waals surface area contributed by atoms with Gasteiger partial charge in [-0.1, -0.05) is 30.4 Å². The number of carbonyl (C=O) groups is 1. The number of cyclic esters (lactones) is 1. The van der Waals surface area contributed by atoms with Crippen LogP contribution in [0.4, 0.5) is 0 Å². The normalized spacial score (nSPS) is 22.2. The van der Waals surface area contributed by atoms with Crippen LogP contribution >= 0.6 is 0 Å². The SMILES string of the molecule is C/C=C/C(=C/C=C/C[C@H]1CCC(=O)O1)CO. The average molecular weight is 222 g/mol. The van der Waals surface area contributed by atoms with Crippen molar-refractivity contribution in [1.82, 2.24) is 0 Å². The van der Waals surface area contributed by atoms with E-state index >= 15 is 0 Å². The van der Waals surface area contributed by atoms with Gasteiger partial charge in [0.2, 0.25) is 0 Å². The van der Waals surface area contributed by atoms with Crippen LogP contribution in [0.1, 0.15) is 26.2 Å². The molecule has 1 rings (SSSR count). The number of hydrogen-bond donors (Lipinski definition) is 1. The summed E-state index contributed by atoms with van der Waals surface area (Å²) in [6.45, 7) is 1.94. The van der Waals surface area contributed by atoms with Crippen LogP contribution in [0.3, 0.4) is 0 Å². The average Bonchev–Trinajstić information content (AvgIpc) is 2.69. The monoisotopic (exact) mass is 222 g/mol. The van der Waals surface area contributed by atoms with Crippen LogP contribution in [0.2, 0.25) is 0 Å². The lowest BCUT2D eigenvalue weighted by atomic mass is 10.1. The number of hydrogen-bond acceptors (Lipinski definition) is 3. The molecule has 0 aromatic heterocycles. The highest BCUT2D eigenvalue weighted by molar-refractivity contribution is 5.71. The van der Waals surface area contributed by atoms with Gasteiger partial charge in [-0.2, -0.15) is 0 Å². The molecule has 1 fully saturated rings. The first-order valence-electron chi connectivity index (χ1n) is 5.55. The molecule has 0 spiro atoms. The van der Waals surface area contributed by atoms with Crippen molar-refractivity contribution in [2.45, 2.75) is 32.3 Å². The minimum absolute atomic E-state index is 0.0348. The van der Waals surface area contributed by atoms with Crippen molar-refractivity contribution in [3.05, 3.63) is 36.0 Å². The molecule has 0 aliphatic carbocycles. The van der Waals surface area contributed by atoms with Crippen LogP contribution < -0.4 is 0 Å². The molecule has 0 amide bonds. The molecule has 16 heavy (non-hydrogen) atoms.